The number of hydrogen-bond donors (Lipinski definition) is 0. The summed E-state index contributed by atoms with van der Waals surface area (Å²) in [5, 5.41) is 0.722. The van der Waals surface area contributed by atoms with Crippen molar-refractivity contribution < 1.29 is 4.74 Å². The lowest BCUT2D eigenvalue weighted by Gasteiger charge is -2.15. The Balaban J connectivity index is 2.11. The minimum atomic E-state index is 0.722. The molecule has 0 saturated carbocycles. The summed E-state index contributed by atoms with van der Waals surface area (Å²) in [5.41, 5.74) is 0. The van der Waals surface area contributed by atoms with Gasteiger partial charge in [-0.1, -0.05) is 17.7 Å². The first-order valence-corrected chi connectivity index (χ1v) is 7.55. The molecular formula is C13H20ClNOS. The van der Waals surface area contributed by atoms with E-state index in [2.05, 4.69) is 18.2 Å². The topological polar surface area (TPSA) is 12.5 Å². The molecule has 0 spiro atoms. The average Bonchev–Trinajstić information content (AvgIpc) is 2.32. The molecule has 0 aliphatic rings. The van der Waals surface area contributed by atoms with E-state index < -0.39 is 0 Å². The molecule has 2 nitrogen and oxygen atoms in total. The zero-order chi connectivity index (χ0) is 12.5. The highest BCUT2D eigenvalue weighted by Crippen LogP contribution is 2.17. The van der Waals surface area contributed by atoms with E-state index in [1.807, 2.05) is 36.0 Å². The fraction of sp³-hybridized carbons (Fsp3) is 0.538. The first-order chi connectivity index (χ1) is 8.22. The molecule has 0 aliphatic heterocycles. The molecule has 0 unspecified atom stereocenters. The van der Waals surface area contributed by atoms with Crippen LogP contribution in [-0.2, 0) is 0 Å². The summed E-state index contributed by atoms with van der Waals surface area (Å²) in [6.45, 7) is 2.95. The predicted octanol–water partition coefficient (Wildman–Crippen LogP) is 3.40. The SMILES string of the molecule is CSCCN(C)CCCOc1cccc(Cl)c1. The standard InChI is InChI=1S/C13H20ClNOS/c1-15(8-10-17-2)7-4-9-16-13-6-3-5-12(14)11-13/h3,5-6,11H,4,7-10H2,1-2H3. The highest BCUT2D eigenvalue weighted by Gasteiger charge is 1.98. The summed E-state index contributed by atoms with van der Waals surface area (Å²) in [6, 6.07) is 7.54. The minimum absolute atomic E-state index is 0.722. The van der Waals surface area contributed by atoms with Crippen molar-refractivity contribution in [2.45, 2.75) is 6.42 Å². The van der Waals surface area contributed by atoms with Crippen LogP contribution in [0.4, 0.5) is 0 Å². The van der Waals surface area contributed by atoms with Crippen LogP contribution in [0, 0.1) is 0 Å². The van der Waals surface area contributed by atoms with Gasteiger partial charge in [0.25, 0.3) is 0 Å². The summed E-state index contributed by atoms with van der Waals surface area (Å²) in [7, 11) is 2.15. The van der Waals surface area contributed by atoms with Crippen molar-refractivity contribution in [2.75, 3.05) is 38.8 Å². The highest BCUT2D eigenvalue weighted by atomic mass is 35.5. The molecule has 4 heteroatoms. The van der Waals surface area contributed by atoms with Gasteiger partial charge in [-0.25, -0.2) is 0 Å². The molecule has 0 radical (unpaired) electrons. The Bertz CT molecular complexity index is 322. The summed E-state index contributed by atoms with van der Waals surface area (Å²) in [5.74, 6) is 2.04. The molecule has 1 aromatic carbocycles. The first kappa shape index (κ1) is 14.7. The molecule has 1 aromatic rings. The lowest BCUT2D eigenvalue weighted by atomic mass is 10.3. The van der Waals surface area contributed by atoms with E-state index in [0.29, 0.717) is 0 Å². The van der Waals surface area contributed by atoms with Crippen molar-refractivity contribution in [1.29, 1.82) is 0 Å². The largest absolute Gasteiger partial charge is 0.493 e. The van der Waals surface area contributed by atoms with E-state index in [0.717, 1.165) is 36.9 Å². The van der Waals surface area contributed by atoms with Crippen molar-refractivity contribution >= 4 is 23.4 Å². The highest BCUT2D eigenvalue weighted by molar-refractivity contribution is 7.98. The van der Waals surface area contributed by atoms with E-state index in [1.165, 1.54) is 5.75 Å². The van der Waals surface area contributed by atoms with E-state index in [-0.39, 0.29) is 0 Å². The normalized spacial score (nSPS) is 10.8. The maximum Gasteiger partial charge on any atom is 0.120 e. The number of thioether (sulfide) groups is 1. The van der Waals surface area contributed by atoms with Crippen LogP contribution in [0.5, 0.6) is 5.75 Å². The Hall–Kier alpha value is -0.380. The maximum absolute atomic E-state index is 5.87. The van der Waals surface area contributed by atoms with Gasteiger partial charge in [-0.15, -0.1) is 0 Å². The molecule has 0 saturated heterocycles. The zero-order valence-corrected chi connectivity index (χ0v) is 12.1. The van der Waals surface area contributed by atoms with Gasteiger partial charge < -0.3 is 9.64 Å². The van der Waals surface area contributed by atoms with Crippen molar-refractivity contribution in [2.24, 2.45) is 0 Å². The molecule has 0 aromatic heterocycles. The second kappa shape index (κ2) is 8.67. The average molecular weight is 274 g/mol. The summed E-state index contributed by atoms with van der Waals surface area (Å²) in [6.07, 6.45) is 3.17. The third-order valence-corrected chi connectivity index (χ3v) is 3.25. The number of benzene rings is 1. The quantitative estimate of drug-likeness (QED) is 0.674. The van der Waals surface area contributed by atoms with Crippen molar-refractivity contribution in [1.82, 2.24) is 4.90 Å². The number of hydrogen-bond acceptors (Lipinski definition) is 3. The zero-order valence-electron chi connectivity index (χ0n) is 10.5. The van der Waals surface area contributed by atoms with Gasteiger partial charge >= 0.3 is 0 Å². The van der Waals surface area contributed by atoms with Gasteiger partial charge in [-0.2, -0.15) is 11.8 Å². The van der Waals surface area contributed by atoms with Crippen LogP contribution in [0.15, 0.2) is 24.3 Å². The lowest BCUT2D eigenvalue weighted by molar-refractivity contribution is 0.269. The van der Waals surface area contributed by atoms with E-state index in [4.69, 9.17) is 16.3 Å². The summed E-state index contributed by atoms with van der Waals surface area (Å²) >= 11 is 7.75. The molecule has 0 fully saturated rings. The molecule has 0 aliphatic carbocycles. The van der Waals surface area contributed by atoms with Crippen LogP contribution in [0.25, 0.3) is 0 Å². The van der Waals surface area contributed by atoms with Gasteiger partial charge in [0.1, 0.15) is 5.75 Å². The molecule has 0 amide bonds. The van der Waals surface area contributed by atoms with Crippen LogP contribution in [-0.4, -0.2) is 43.7 Å². The van der Waals surface area contributed by atoms with Gasteiger partial charge in [0.15, 0.2) is 0 Å². The fourth-order valence-corrected chi connectivity index (χ4v) is 2.11. The molecule has 96 valence electrons. The smallest absolute Gasteiger partial charge is 0.120 e. The minimum Gasteiger partial charge on any atom is -0.493 e. The van der Waals surface area contributed by atoms with Crippen LogP contribution in [0.1, 0.15) is 6.42 Å². The molecule has 17 heavy (non-hydrogen) atoms. The molecular weight excluding hydrogens is 254 g/mol. The molecule has 0 N–H and O–H groups in total. The molecule has 0 bridgehead atoms. The van der Waals surface area contributed by atoms with Crippen LogP contribution >= 0.6 is 23.4 Å². The second-order valence-corrected chi connectivity index (χ2v) is 5.38. The van der Waals surface area contributed by atoms with E-state index >= 15 is 0 Å². The van der Waals surface area contributed by atoms with Crippen LogP contribution < -0.4 is 4.74 Å². The molecule has 0 heterocycles. The van der Waals surface area contributed by atoms with Gasteiger partial charge in [0.05, 0.1) is 6.61 Å². The van der Waals surface area contributed by atoms with Crippen LogP contribution in [0.3, 0.4) is 0 Å². The predicted molar refractivity (Wildman–Crippen MR) is 77.4 cm³/mol. The third kappa shape index (κ3) is 6.81. The van der Waals surface area contributed by atoms with Crippen molar-refractivity contribution in [3.8, 4) is 5.75 Å². The molecule has 0 atom stereocenters. The van der Waals surface area contributed by atoms with Crippen molar-refractivity contribution in [3.05, 3.63) is 29.3 Å². The van der Waals surface area contributed by atoms with E-state index in [1.54, 1.807) is 0 Å². The Labute approximate surface area is 113 Å². The monoisotopic (exact) mass is 273 g/mol. The first-order valence-electron chi connectivity index (χ1n) is 5.78. The fourth-order valence-electron chi connectivity index (χ4n) is 1.44. The third-order valence-electron chi connectivity index (χ3n) is 2.43. The maximum atomic E-state index is 5.87. The van der Waals surface area contributed by atoms with Crippen LogP contribution in [0.2, 0.25) is 5.02 Å². The Kier molecular flexibility index (Phi) is 7.49. The second-order valence-electron chi connectivity index (χ2n) is 3.96. The van der Waals surface area contributed by atoms with Crippen molar-refractivity contribution in [3.63, 3.8) is 0 Å². The number of halogens is 1. The Morgan fingerprint density at radius 3 is 2.88 bits per heavy atom. The van der Waals surface area contributed by atoms with Gasteiger partial charge in [0, 0.05) is 23.9 Å². The number of rotatable bonds is 8. The number of nitrogens with zero attached hydrogens (tertiary/aromatic N) is 1. The van der Waals surface area contributed by atoms with E-state index in [9.17, 15) is 0 Å². The van der Waals surface area contributed by atoms with Gasteiger partial charge in [-0.05, 0) is 37.9 Å². The van der Waals surface area contributed by atoms with Gasteiger partial charge in [-0.3, -0.25) is 0 Å². The Morgan fingerprint density at radius 1 is 1.35 bits per heavy atom. The lowest BCUT2D eigenvalue weighted by Crippen LogP contribution is -2.23. The number of ether oxygens (including phenoxy) is 1. The molecule has 1 rings (SSSR count). The Morgan fingerprint density at radius 2 is 2.18 bits per heavy atom. The van der Waals surface area contributed by atoms with Gasteiger partial charge in [0.2, 0.25) is 0 Å². The summed E-state index contributed by atoms with van der Waals surface area (Å²) < 4.78 is 5.63. The summed E-state index contributed by atoms with van der Waals surface area (Å²) in [4.78, 5) is 2.33.